The first kappa shape index (κ1) is 11.9. The molecule has 0 aromatic carbocycles. The molecule has 0 aliphatic heterocycles. The number of hydrogen-bond donors (Lipinski definition) is 1. The average Bonchev–Trinajstić information content (AvgIpc) is 1.95. The molecule has 76 valence electrons. The summed E-state index contributed by atoms with van der Waals surface area (Å²) < 4.78 is 0. The van der Waals surface area contributed by atoms with Crippen molar-refractivity contribution in [2.45, 2.75) is 27.2 Å². The molecule has 0 spiro atoms. The normalized spacial score (nSPS) is 11.0. The topological polar surface area (TPSA) is 57.6 Å². The van der Waals surface area contributed by atoms with Crippen molar-refractivity contribution in [1.29, 1.82) is 0 Å². The van der Waals surface area contributed by atoms with Gasteiger partial charge in [-0.15, -0.1) is 0 Å². The second kappa shape index (κ2) is 4.84. The van der Waals surface area contributed by atoms with Gasteiger partial charge < -0.3 is 14.8 Å². The fourth-order valence-electron chi connectivity index (χ4n) is 1.02. The van der Waals surface area contributed by atoms with Gasteiger partial charge in [0.2, 0.25) is 0 Å². The molecule has 0 aromatic rings. The zero-order valence-corrected chi connectivity index (χ0v) is 8.41. The molecule has 0 rings (SSSR count). The zero-order chi connectivity index (χ0) is 10.5. The molecule has 0 aliphatic carbocycles. The Balaban J connectivity index is 4.10. The summed E-state index contributed by atoms with van der Waals surface area (Å²) in [7, 11) is 0. The molecule has 0 heterocycles. The highest BCUT2D eigenvalue weighted by atomic mass is 16.4. The van der Waals surface area contributed by atoms with Crippen molar-refractivity contribution in [3.05, 3.63) is 0 Å². The second-order valence-electron chi connectivity index (χ2n) is 4.22. The third-order valence-electron chi connectivity index (χ3n) is 1.45. The van der Waals surface area contributed by atoms with E-state index in [2.05, 4.69) is 0 Å². The maximum atomic E-state index is 10.7. The van der Waals surface area contributed by atoms with Crippen LogP contribution < -0.4 is 0 Å². The number of rotatable bonds is 4. The van der Waals surface area contributed by atoms with Crippen LogP contribution in [-0.2, 0) is 4.79 Å². The standard InChI is InChI=1S/C9H17NO3/c1-9(2,3)7-10(8(12)13)5-4-6-11/h6H,4-5,7H2,1-3H3,(H,12,13). The predicted molar refractivity (Wildman–Crippen MR) is 49.7 cm³/mol. The Labute approximate surface area is 78.5 Å². The van der Waals surface area contributed by atoms with E-state index in [1.165, 1.54) is 4.90 Å². The van der Waals surface area contributed by atoms with E-state index in [0.29, 0.717) is 6.54 Å². The van der Waals surface area contributed by atoms with Gasteiger partial charge in [-0.05, 0) is 5.41 Å². The maximum absolute atomic E-state index is 10.7. The summed E-state index contributed by atoms with van der Waals surface area (Å²) in [6.07, 6.45) is 0.0397. The van der Waals surface area contributed by atoms with Gasteiger partial charge in [0.05, 0.1) is 0 Å². The van der Waals surface area contributed by atoms with Crippen molar-refractivity contribution in [2.75, 3.05) is 13.1 Å². The van der Waals surface area contributed by atoms with Crippen LogP contribution in [0.1, 0.15) is 27.2 Å². The van der Waals surface area contributed by atoms with E-state index in [1.807, 2.05) is 20.8 Å². The molecule has 13 heavy (non-hydrogen) atoms. The SMILES string of the molecule is CC(C)(C)CN(CCC=O)C(=O)O. The smallest absolute Gasteiger partial charge is 0.407 e. The first-order valence-electron chi connectivity index (χ1n) is 4.28. The van der Waals surface area contributed by atoms with Crippen molar-refractivity contribution in [2.24, 2.45) is 5.41 Å². The number of carbonyl (C=O) groups is 2. The Morgan fingerprint density at radius 1 is 1.46 bits per heavy atom. The molecule has 0 saturated heterocycles. The Hall–Kier alpha value is -1.06. The predicted octanol–water partition coefficient (Wildman–Crippen LogP) is 1.60. The summed E-state index contributed by atoms with van der Waals surface area (Å²) in [5.41, 5.74) is -0.0682. The number of carboxylic acid groups (broad SMARTS) is 1. The summed E-state index contributed by atoms with van der Waals surface area (Å²) in [6, 6.07) is 0. The highest BCUT2D eigenvalue weighted by Gasteiger charge is 2.19. The number of hydrogen-bond acceptors (Lipinski definition) is 2. The van der Waals surface area contributed by atoms with Crippen molar-refractivity contribution in [3.63, 3.8) is 0 Å². The van der Waals surface area contributed by atoms with Crippen LogP contribution in [0.4, 0.5) is 4.79 Å². The monoisotopic (exact) mass is 187 g/mol. The molecule has 1 amide bonds. The van der Waals surface area contributed by atoms with E-state index in [-0.39, 0.29) is 18.4 Å². The number of nitrogens with zero attached hydrogens (tertiary/aromatic N) is 1. The van der Waals surface area contributed by atoms with Gasteiger partial charge in [0.25, 0.3) is 0 Å². The fourth-order valence-corrected chi connectivity index (χ4v) is 1.02. The van der Waals surface area contributed by atoms with Gasteiger partial charge in [-0.1, -0.05) is 20.8 Å². The number of carbonyl (C=O) groups excluding carboxylic acids is 1. The van der Waals surface area contributed by atoms with Crippen LogP contribution in [0.15, 0.2) is 0 Å². The lowest BCUT2D eigenvalue weighted by molar-refractivity contribution is -0.108. The van der Waals surface area contributed by atoms with E-state index in [4.69, 9.17) is 5.11 Å². The minimum atomic E-state index is -0.961. The molecule has 1 N–H and O–H groups in total. The summed E-state index contributed by atoms with van der Waals surface area (Å²) in [5, 5.41) is 8.77. The van der Waals surface area contributed by atoms with Crippen LogP contribution in [0.2, 0.25) is 0 Å². The molecule has 0 fully saturated rings. The third-order valence-corrected chi connectivity index (χ3v) is 1.45. The first-order chi connectivity index (χ1) is 5.87. The lowest BCUT2D eigenvalue weighted by Crippen LogP contribution is -2.37. The Morgan fingerprint density at radius 2 is 2.00 bits per heavy atom. The Kier molecular flexibility index (Phi) is 4.45. The molecule has 0 bridgehead atoms. The van der Waals surface area contributed by atoms with Gasteiger partial charge in [-0.25, -0.2) is 4.79 Å². The van der Waals surface area contributed by atoms with Crippen LogP contribution in [0.5, 0.6) is 0 Å². The van der Waals surface area contributed by atoms with Gasteiger partial charge in [-0.2, -0.15) is 0 Å². The molecule has 0 atom stereocenters. The van der Waals surface area contributed by atoms with Crippen LogP contribution in [0, 0.1) is 5.41 Å². The van der Waals surface area contributed by atoms with Crippen LogP contribution >= 0.6 is 0 Å². The molecule has 0 unspecified atom stereocenters. The molecular formula is C9H17NO3. The first-order valence-corrected chi connectivity index (χ1v) is 4.28. The molecular weight excluding hydrogens is 170 g/mol. The molecule has 4 nitrogen and oxygen atoms in total. The lowest BCUT2D eigenvalue weighted by atomic mass is 9.96. The van der Waals surface area contributed by atoms with Gasteiger partial charge in [0.15, 0.2) is 0 Å². The summed E-state index contributed by atoms with van der Waals surface area (Å²) >= 11 is 0. The van der Waals surface area contributed by atoms with Crippen molar-refractivity contribution < 1.29 is 14.7 Å². The average molecular weight is 187 g/mol. The Morgan fingerprint density at radius 3 is 2.31 bits per heavy atom. The van der Waals surface area contributed by atoms with E-state index < -0.39 is 6.09 Å². The molecule has 0 aliphatic rings. The number of amides is 1. The highest BCUT2D eigenvalue weighted by Crippen LogP contribution is 2.15. The van der Waals surface area contributed by atoms with Gasteiger partial charge >= 0.3 is 6.09 Å². The highest BCUT2D eigenvalue weighted by molar-refractivity contribution is 5.65. The molecule has 0 radical (unpaired) electrons. The van der Waals surface area contributed by atoms with Crippen molar-refractivity contribution in [1.82, 2.24) is 4.90 Å². The van der Waals surface area contributed by atoms with Crippen molar-refractivity contribution in [3.8, 4) is 0 Å². The van der Waals surface area contributed by atoms with E-state index in [0.717, 1.165) is 6.29 Å². The summed E-state index contributed by atoms with van der Waals surface area (Å²) in [6.45, 7) is 6.63. The largest absolute Gasteiger partial charge is 0.465 e. The number of aldehydes is 1. The minimum Gasteiger partial charge on any atom is -0.465 e. The molecule has 0 saturated carbocycles. The molecule has 0 aromatic heterocycles. The lowest BCUT2D eigenvalue weighted by Gasteiger charge is -2.27. The summed E-state index contributed by atoms with van der Waals surface area (Å²) in [4.78, 5) is 22.0. The van der Waals surface area contributed by atoms with E-state index in [1.54, 1.807) is 0 Å². The maximum Gasteiger partial charge on any atom is 0.407 e. The van der Waals surface area contributed by atoms with Gasteiger partial charge in [0.1, 0.15) is 6.29 Å². The van der Waals surface area contributed by atoms with Crippen LogP contribution in [0.25, 0.3) is 0 Å². The van der Waals surface area contributed by atoms with Crippen LogP contribution in [0.3, 0.4) is 0 Å². The quantitative estimate of drug-likeness (QED) is 0.680. The third kappa shape index (κ3) is 6.13. The second-order valence-corrected chi connectivity index (χ2v) is 4.22. The van der Waals surface area contributed by atoms with E-state index >= 15 is 0 Å². The van der Waals surface area contributed by atoms with Gasteiger partial charge in [-0.3, -0.25) is 0 Å². The minimum absolute atomic E-state index is 0.0682. The van der Waals surface area contributed by atoms with Gasteiger partial charge in [0, 0.05) is 19.5 Å². The van der Waals surface area contributed by atoms with Crippen molar-refractivity contribution >= 4 is 12.4 Å². The molecule has 4 heteroatoms. The Bertz CT molecular complexity index is 184. The van der Waals surface area contributed by atoms with E-state index in [9.17, 15) is 9.59 Å². The summed E-state index contributed by atoms with van der Waals surface area (Å²) in [5.74, 6) is 0. The zero-order valence-electron chi connectivity index (χ0n) is 8.41. The van der Waals surface area contributed by atoms with Crippen LogP contribution in [-0.4, -0.2) is 35.5 Å². The fraction of sp³-hybridized carbons (Fsp3) is 0.778.